The normalized spacial score (nSPS) is 16.3. The summed E-state index contributed by atoms with van der Waals surface area (Å²) in [4.78, 5) is 14.9. The first-order valence-electron chi connectivity index (χ1n) is 9.01. The number of H-pyrrole nitrogens is 1. The molecular formula is C20H21FN4O2. The minimum Gasteiger partial charge on any atom is -0.379 e. The van der Waals surface area contributed by atoms with Gasteiger partial charge in [0.1, 0.15) is 5.82 Å². The molecule has 1 aliphatic rings. The minimum absolute atomic E-state index is 0.126. The molecule has 0 spiro atoms. The number of hydrogen-bond donors (Lipinski definition) is 2. The summed E-state index contributed by atoms with van der Waals surface area (Å²) in [5.41, 5.74) is 2.02. The zero-order chi connectivity index (χ0) is 18.6. The maximum atomic E-state index is 13.7. The topological polar surface area (TPSA) is 70.2 Å². The second-order valence-electron chi connectivity index (χ2n) is 6.55. The third-order valence-electron chi connectivity index (χ3n) is 4.86. The Labute approximate surface area is 156 Å². The first-order chi connectivity index (χ1) is 13.2. The van der Waals surface area contributed by atoms with Gasteiger partial charge in [0.2, 0.25) is 0 Å². The van der Waals surface area contributed by atoms with Crippen molar-refractivity contribution in [3.05, 3.63) is 65.6 Å². The van der Waals surface area contributed by atoms with Gasteiger partial charge in [-0.2, -0.15) is 5.10 Å². The largest absolute Gasteiger partial charge is 0.379 e. The molecule has 1 atom stereocenters. The van der Waals surface area contributed by atoms with Gasteiger partial charge in [-0.05, 0) is 23.8 Å². The van der Waals surface area contributed by atoms with Crippen LogP contribution in [0.3, 0.4) is 0 Å². The van der Waals surface area contributed by atoms with Crippen LogP contribution < -0.4 is 5.32 Å². The highest BCUT2D eigenvalue weighted by Crippen LogP contribution is 2.22. The van der Waals surface area contributed by atoms with Crippen LogP contribution in [0.1, 0.15) is 22.1 Å². The van der Waals surface area contributed by atoms with Crippen molar-refractivity contribution in [1.82, 2.24) is 20.4 Å². The lowest BCUT2D eigenvalue weighted by atomic mass is 10.0. The van der Waals surface area contributed by atoms with E-state index in [-0.39, 0.29) is 17.8 Å². The molecule has 0 saturated carbocycles. The Hall–Kier alpha value is -2.77. The number of halogens is 1. The smallest absolute Gasteiger partial charge is 0.272 e. The minimum atomic E-state index is -0.282. The molecule has 3 aromatic rings. The van der Waals surface area contributed by atoms with Crippen molar-refractivity contribution in [2.45, 2.75) is 6.04 Å². The van der Waals surface area contributed by atoms with E-state index in [4.69, 9.17) is 4.74 Å². The number of para-hydroxylation sites is 1. The summed E-state index contributed by atoms with van der Waals surface area (Å²) < 4.78 is 19.2. The molecule has 1 aliphatic heterocycles. The van der Waals surface area contributed by atoms with Gasteiger partial charge in [0, 0.05) is 25.0 Å². The van der Waals surface area contributed by atoms with Crippen molar-refractivity contribution in [3.63, 3.8) is 0 Å². The maximum absolute atomic E-state index is 13.7. The second-order valence-corrected chi connectivity index (χ2v) is 6.55. The van der Waals surface area contributed by atoms with Gasteiger partial charge in [0.25, 0.3) is 5.91 Å². The summed E-state index contributed by atoms with van der Waals surface area (Å²) in [5.74, 6) is -0.530. The lowest BCUT2D eigenvalue weighted by molar-refractivity contribution is 0.0161. The zero-order valence-corrected chi connectivity index (χ0v) is 14.8. The van der Waals surface area contributed by atoms with E-state index in [2.05, 4.69) is 20.4 Å². The quantitative estimate of drug-likeness (QED) is 0.726. The van der Waals surface area contributed by atoms with Crippen LogP contribution in [0.15, 0.2) is 48.5 Å². The number of amides is 1. The van der Waals surface area contributed by atoms with Gasteiger partial charge in [-0.1, -0.05) is 30.3 Å². The van der Waals surface area contributed by atoms with Gasteiger partial charge in [-0.15, -0.1) is 0 Å². The zero-order valence-electron chi connectivity index (χ0n) is 14.8. The van der Waals surface area contributed by atoms with E-state index >= 15 is 0 Å². The van der Waals surface area contributed by atoms with Crippen LogP contribution in [-0.4, -0.2) is 53.9 Å². The van der Waals surface area contributed by atoms with Crippen LogP contribution in [0.4, 0.5) is 4.39 Å². The Balaban J connectivity index is 1.53. The third kappa shape index (κ3) is 3.84. The molecule has 2 N–H and O–H groups in total. The van der Waals surface area contributed by atoms with E-state index in [0.29, 0.717) is 25.5 Å². The highest BCUT2D eigenvalue weighted by Gasteiger charge is 2.24. The number of benzene rings is 2. The molecule has 1 amide bonds. The number of carbonyl (C=O) groups excluding carboxylic acids is 1. The number of aromatic amines is 1. The molecule has 1 saturated heterocycles. The molecule has 7 heteroatoms. The average Bonchev–Trinajstić information content (AvgIpc) is 3.13. The molecule has 0 radical (unpaired) electrons. The van der Waals surface area contributed by atoms with E-state index < -0.39 is 0 Å². The first kappa shape index (κ1) is 17.6. The highest BCUT2D eigenvalue weighted by molar-refractivity contribution is 6.04. The van der Waals surface area contributed by atoms with Crippen molar-refractivity contribution < 1.29 is 13.9 Å². The van der Waals surface area contributed by atoms with Gasteiger partial charge >= 0.3 is 0 Å². The molecule has 140 valence electrons. The van der Waals surface area contributed by atoms with Crippen LogP contribution >= 0.6 is 0 Å². The molecule has 6 nitrogen and oxygen atoms in total. The fourth-order valence-electron chi connectivity index (χ4n) is 3.47. The van der Waals surface area contributed by atoms with Gasteiger partial charge in [-0.3, -0.25) is 14.8 Å². The molecule has 0 bridgehead atoms. The fourth-order valence-corrected chi connectivity index (χ4v) is 3.47. The number of rotatable bonds is 5. The Morgan fingerprint density at radius 3 is 2.85 bits per heavy atom. The van der Waals surface area contributed by atoms with Gasteiger partial charge in [0.15, 0.2) is 5.69 Å². The average molecular weight is 368 g/mol. The molecule has 2 aromatic carbocycles. The molecule has 2 heterocycles. The SMILES string of the molecule is O=C(NCC(c1cccc(F)c1)N1CCOCC1)c1n[nH]c2ccccc12. The molecular weight excluding hydrogens is 347 g/mol. The number of nitrogens with one attached hydrogen (secondary N) is 2. The lowest BCUT2D eigenvalue weighted by Crippen LogP contribution is -2.44. The number of morpholine rings is 1. The molecule has 0 aliphatic carbocycles. The van der Waals surface area contributed by atoms with E-state index in [9.17, 15) is 9.18 Å². The summed E-state index contributed by atoms with van der Waals surface area (Å²) in [6.45, 7) is 3.10. The molecule has 1 aromatic heterocycles. The van der Waals surface area contributed by atoms with E-state index in [1.807, 2.05) is 30.3 Å². The number of fused-ring (bicyclic) bond motifs is 1. The first-order valence-corrected chi connectivity index (χ1v) is 9.01. The Bertz CT molecular complexity index is 936. The second kappa shape index (κ2) is 7.85. The predicted molar refractivity (Wildman–Crippen MR) is 100.0 cm³/mol. The van der Waals surface area contributed by atoms with Gasteiger partial charge in [0.05, 0.1) is 24.8 Å². The molecule has 4 rings (SSSR count). The summed E-state index contributed by atoms with van der Waals surface area (Å²) in [6, 6.07) is 13.9. The number of carbonyl (C=O) groups is 1. The number of aromatic nitrogens is 2. The van der Waals surface area contributed by atoms with Crippen molar-refractivity contribution in [2.24, 2.45) is 0 Å². The molecule has 1 fully saturated rings. The summed E-state index contributed by atoms with van der Waals surface area (Å²) in [5, 5.41) is 10.8. The van der Waals surface area contributed by atoms with Gasteiger partial charge < -0.3 is 10.1 Å². The number of hydrogen-bond acceptors (Lipinski definition) is 4. The monoisotopic (exact) mass is 368 g/mol. The van der Waals surface area contributed by atoms with Crippen molar-refractivity contribution >= 4 is 16.8 Å². The number of ether oxygens (including phenoxy) is 1. The van der Waals surface area contributed by atoms with Crippen LogP contribution in [-0.2, 0) is 4.74 Å². The lowest BCUT2D eigenvalue weighted by Gasteiger charge is -2.34. The van der Waals surface area contributed by atoms with E-state index in [0.717, 1.165) is 29.6 Å². The predicted octanol–water partition coefficient (Wildman–Crippen LogP) is 2.51. The summed E-state index contributed by atoms with van der Waals surface area (Å²) >= 11 is 0. The maximum Gasteiger partial charge on any atom is 0.272 e. The van der Waals surface area contributed by atoms with Crippen LogP contribution in [0.5, 0.6) is 0 Å². The van der Waals surface area contributed by atoms with Gasteiger partial charge in [-0.25, -0.2) is 4.39 Å². The van der Waals surface area contributed by atoms with E-state index in [1.54, 1.807) is 6.07 Å². The molecule has 27 heavy (non-hydrogen) atoms. The van der Waals surface area contributed by atoms with Crippen molar-refractivity contribution in [2.75, 3.05) is 32.8 Å². The van der Waals surface area contributed by atoms with Crippen LogP contribution in [0.2, 0.25) is 0 Å². The fraction of sp³-hybridized carbons (Fsp3) is 0.300. The van der Waals surface area contributed by atoms with Crippen LogP contribution in [0, 0.1) is 5.82 Å². The van der Waals surface area contributed by atoms with E-state index in [1.165, 1.54) is 12.1 Å². The Kier molecular flexibility index (Phi) is 5.13. The molecule has 1 unspecified atom stereocenters. The van der Waals surface area contributed by atoms with Crippen molar-refractivity contribution in [3.8, 4) is 0 Å². The Morgan fingerprint density at radius 2 is 2.04 bits per heavy atom. The standard InChI is InChI=1S/C20H21FN4O2/c21-15-5-3-4-14(12-15)18(25-8-10-27-11-9-25)13-22-20(26)19-16-6-1-2-7-17(16)23-24-19/h1-7,12,18H,8-11,13H2,(H,22,26)(H,23,24). The Morgan fingerprint density at radius 1 is 1.22 bits per heavy atom. The summed E-state index contributed by atoms with van der Waals surface area (Å²) in [7, 11) is 0. The highest BCUT2D eigenvalue weighted by atomic mass is 19.1. The summed E-state index contributed by atoms with van der Waals surface area (Å²) in [6.07, 6.45) is 0. The number of nitrogens with zero attached hydrogens (tertiary/aromatic N) is 2. The third-order valence-corrected chi connectivity index (χ3v) is 4.86. The van der Waals surface area contributed by atoms with Crippen LogP contribution in [0.25, 0.3) is 10.9 Å². The van der Waals surface area contributed by atoms with Crippen molar-refractivity contribution in [1.29, 1.82) is 0 Å².